The Morgan fingerprint density at radius 3 is 2.53 bits per heavy atom. The highest BCUT2D eigenvalue weighted by Crippen LogP contribution is 2.40. The number of allylic oxidation sites excluding steroid dienone is 2. The summed E-state index contributed by atoms with van der Waals surface area (Å²) in [5.74, 6) is 7.03. The van der Waals surface area contributed by atoms with Crippen molar-refractivity contribution in [1.29, 1.82) is 0 Å². The van der Waals surface area contributed by atoms with Gasteiger partial charge in [-0.2, -0.15) is 11.9 Å². The van der Waals surface area contributed by atoms with Crippen molar-refractivity contribution < 1.29 is 30.3 Å². The third-order valence-corrected chi connectivity index (χ3v) is 11.5. The second-order valence-corrected chi connectivity index (χ2v) is 15.6. The highest BCUT2D eigenvalue weighted by Gasteiger charge is 2.37. The number of hydrogen-bond acceptors (Lipinski definition) is 8. The minimum absolute atomic E-state index is 0.0839. The fourth-order valence-corrected chi connectivity index (χ4v) is 8.41. The molecule has 55 heavy (non-hydrogen) atoms. The smallest absolute Gasteiger partial charge is 0.161 e. The van der Waals surface area contributed by atoms with Crippen molar-refractivity contribution in [3.05, 3.63) is 120 Å². The van der Waals surface area contributed by atoms with Crippen molar-refractivity contribution >= 4 is 5.82 Å². The molecule has 2 aromatic carbocycles. The topological polar surface area (TPSA) is 163 Å². The molecule has 0 fully saturated rings. The zero-order chi connectivity index (χ0) is 38.7. The zero-order valence-electron chi connectivity index (χ0n) is 31.7. The lowest BCUT2D eigenvalue weighted by molar-refractivity contribution is -0.00715. The number of ether oxygens (including phenoxy) is 1. The third kappa shape index (κ3) is 10.8. The number of aromatic nitrogens is 2. The van der Waals surface area contributed by atoms with Crippen molar-refractivity contribution in [1.82, 2.24) is 9.97 Å². The van der Waals surface area contributed by atoms with E-state index in [1.54, 1.807) is 24.5 Å². The molecule has 4 aromatic rings. The van der Waals surface area contributed by atoms with Crippen molar-refractivity contribution in [2.75, 3.05) is 12.3 Å². The molecule has 9 heteroatoms. The number of hydrogen-bond donors (Lipinski definition) is 6. The van der Waals surface area contributed by atoms with Gasteiger partial charge < -0.3 is 41.0 Å². The zero-order valence-corrected chi connectivity index (χ0v) is 31.7. The number of aromatic hydroxyl groups is 1. The van der Waals surface area contributed by atoms with Gasteiger partial charge in [-0.3, -0.25) is 0 Å². The number of aliphatic hydroxyl groups excluding tert-OH is 4. The van der Waals surface area contributed by atoms with Crippen LogP contribution in [0.2, 0.25) is 0 Å². The summed E-state index contributed by atoms with van der Waals surface area (Å²) in [7, 11) is 0. The number of phenolic OH excluding ortho intramolecular Hbond substituents is 1. The van der Waals surface area contributed by atoms with Gasteiger partial charge in [0, 0.05) is 42.9 Å². The molecule has 0 spiro atoms. The van der Waals surface area contributed by atoms with E-state index in [2.05, 4.69) is 59.1 Å². The number of benzene rings is 2. The average Bonchev–Trinajstić information content (AvgIpc) is 3.63. The number of nitrogens with two attached hydrogens (primary N) is 1. The molecule has 0 bridgehead atoms. The molecule has 2 aliphatic carbocycles. The van der Waals surface area contributed by atoms with Crippen LogP contribution in [0, 0.1) is 35.5 Å². The largest absolute Gasteiger partial charge is 0.668 e. The van der Waals surface area contributed by atoms with Gasteiger partial charge in [0.15, 0.2) is 11.5 Å². The molecular formula is C46H56N3O6-. The maximum Gasteiger partial charge on any atom is 0.161 e. The SMILES string of the molecule is CC(Cc1ccccc1)C1C#CC2C=CC(c3ccc(O)c(OC(CC(Cc4ccc[n-]4)c4ccnc(N)c4)C(O)CCO)c3)CC(O)C2C(O)CCCC1. The van der Waals surface area contributed by atoms with Crippen LogP contribution in [0.15, 0.2) is 97.3 Å². The molecule has 292 valence electrons. The lowest BCUT2D eigenvalue weighted by Gasteiger charge is -2.31. The number of fused-ring (bicyclic) bond motifs is 1. The third-order valence-electron chi connectivity index (χ3n) is 11.5. The van der Waals surface area contributed by atoms with Crippen molar-refractivity contribution in [2.45, 2.75) is 101 Å². The molecule has 0 amide bonds. The first-order chi connectivity index (χ1) is 26.7. The Morgan fingerprint density at radius 1 is 0.945 bits per heavy atom. The molecule has 2 aromatic heterocycles. The predicted octanol–water partition coefficient (Wildman–Crippen LogP) is 6.30. The first-order valence-corrected chi connectivity index (χ1v) is 19.8. The number of nitrogens with zero attached hydrogens (tertiary/aromatic N) is 2. The summed E-state index contributed by atoms with van der Waals surface area (Å²) in [6, 6.07) is 23.2. The van der Waals surface area contributed by atoms with Crippen LogP contribution in [-0.4, -0.2) is 61.5 Å². The summed E-state index contributed by atoms with van der Waals surface area (Å²) in [6.07, 6.45) is 9.91. The lowest BCUT2D eigenvalue weighted by atomic mass is 9.78. The summed E-state index contributed by atoms with van der Waals surface area (Å²) in [5.41, 5.74) is 9.97. The molecule has 9 nitrogen and oxygen atoms in total. The van der Waals surface area contributed by atoms with Crippen LogP contribution in [-0.2, 0) is 12.8 Å². The molecule has 10 unspecified atom stereocenters. The molecule has 7 N–H and O–H groups in total. The normalized spacial score (nSPS) is 25.0. The van der Waals surface area contributed by atoms with Gasteiger partial charge >= 0.3 is 0 Å². The first-order valence-electron chi connectivity index (χ1n) is 19.8. The summed E-state index contributed by atoms with van der Waals surface area (Å²) in [4.78, 5) is 8.61. The number of nitrogen functional groups attached to an aromatic ring is 1. The van der Waals surface area contributed by atoms with Crippen LogP contribution in [0.4, 0.5) is 5.82 Å². The van der Waals surface area contributed by atoms with Crippen molar-refractivity contribution in [3.8, 4) is 23.3 Å². The van der Waals surface area contributed by atoms with Gasteiger partial charge in [0.05, 0.1) is 18.3 Å². The Kier molecular flexibility index (Phi) is 14.1. The van der Waals surface area contributed by atoms with Gasteiger partial charge in [-0.1, -0.05) is 92.3 Å². The van der Waals surface area contributed by atoms with E-state index in [4.69, 9.17) is 10.5 Å². The number of anilines is 1. The second kappa shape index (κ2) is 19.3. The Labute approximate surface area is 325 Å². The minimum Gasteiger partial charge on any atom is -0.668 e. The Morgan fingerprint density at radius 2 is 1.76 bits per heavy atom. The molecule has 0 aliphatic heterocycles. The standard InChI is InChI=1S/C46H56N3O6/c1-30(24-31-8-3-2-4-9-31)32-10-5-6-12-41(53)46-33(14-13-32)15-16-34(26-42(46)54)35-17-18-39(51)43(27-35)55-44(40(52)20-23-50)28-37(25-38-11-7-21-48-38)36-19-22-49-45(47)29-36/h2-4,7-9,11,15-19,21-22,27,29-30,32-34,37,40-42,44,46,50-54H,5-6,10,12,20,23-26,28H2,1H3,(H2,47,49)/q-1. The monoisotopic (exact) mass is 746 g/mol. The molecule has 0 radical (unpaired) electrons. The number of aliphatic hydroxyl groups is 4. The van der Waals surface area contributed by atoms with E-state index < -0.39 is 30.3 Å². The average molecular weight is 747 g/mol. The van der Waals surface area contributed by atoms with Gasteiger partial charge in [-0.15, -0.1) is 0 Å². The van der Waals surface area contributed by atoms with E-state index in [1.165, 1.54) is 5.56 Å². The van der Waals surface area contributed by atoms with E-state index in [9.17, 15) is 25.5 Å². The Balaban J connectivity index is 1.25. The quantitative estimate of drug-likeness (QED) is 0.0642. The van der Waals surface area contributed by atoms with E-state index in [-0.39, 0.29) is 48.2 Å². The highest BCUT2D eigenvalue weighted by atomic mass is 16.5. The van der Waals surface area contributed by atoms with Gasteiger partial charge in [-0.25, -0.2) is 4.98 Å². The van der Waals surface area contributed by atoms with Gasteiger partial charge in [0.25, 0.3) is 0 Å². The van der Waals surface area contributed by atoms with Gasteiger partial charge in [0.2, 0.25) is 0 Å². The lowest BCUT2D eigenvalue weighted by Crippen LogP contribution is -2.37. The molecular weight excluding hydrogens is 691 g/mol. The number of rotatable bonds is 14. The Hall–Kier alpha value is -4.59. The molecule has 2 aliphatic rings. The Bertz CT molecular complexity index is 1870. The van der Waals surface area contributed by atoms with E-state index >= 15 is 0 Å². The van der Waals surface area contributed by atoms with Gasteiger partial charge in [-0.05, 0) is 91.3 Å². The summed E-state index contributed by atoms with van der Waals surface area (Å²) in [6.45, 7) is 2.03. The van der Waals surface area contributed by atoms with Crippen molar-refractivity contribution in [3.63, 3.8) is 0 Å². The maximum atomic E-state index is 11.7. The summed E-state index contributed by atoms with van der Waals surface area (Å²) in [5, 5.41) is 55.3. The number of phenols is 1. The molecule has 2 heterocycles. The van der Waals surface area contributed by atoms with E-state index in [0.717, 1.165) is 42.5 Å². The minimum atomic E-state index is -1.04. The predicted molar refractivity (Wildman–Crippen MR) is 214 cm³/mol. The molecule has 10 atom stereocenters. The van der Waals surface area contributed by atoms with Crippen LogP contribution < -0.4 is 15.5 Å². The van der Waals surface area contributed by atoms with Crippen LogP contribution >= 0.6 is 0 Å². The first kappa shape index (κ1) is 40.1. The maximum absolute atomic E-state index is 11.7. The summed E-state index contributed by atoms with van der Waals surface area (Å²) >= 11 is 0. The van der Waals surface area contributed by atoms with Crippen LogP contribution in [0.3, 0.4) is 0 Å². The second-order valence-electron chi connectivity index (χ2n) is 15.6. The van der Waals surface area contributed by atoms with E-state index in [1.807, 2.05) is 42.5 Å². The molecule has 6 rings (SSSR count). The summed E-state index contributed by atoms with van der Waals surface area (Å²) < 4.78 is 6.47. The van der Waals surface area contributed by atoms with Crippen molar-refractivity contribution in [2.24, 2.45) is 23.7 Å². The fourth-order valence-electron chi connectivity index (χ4n) is 8.41. The van der Waals surface area contributed by atoms with E-state index in [0.29, 0.717) is 37.4 Å². The number of pyridine rings is 1. The highest BCUT2D eigenvalue weighted by molar-refractivity contribution is 5.44. The molecule has 0 saturated carbocycles. The molecule has 0 saturated heterocycles. The van der Waals surface area contributed by atoms with Crippen LogP contribution in [0.5, 0.6) is 11.5 Å². The van der Waals surface area contributed by atoms with Gasteiger partial charge in [0.1, 0.15) is 11.9 Å². The van der Waals surface area contributed by atoms with Crippen LogP contribution in [0.1, 0.15) is 86.1 Å². The van der Waals surface area contributed by atoms with Crippen LogP contribution in [0.25, 0.3) is 0 Å². The fraction of sp³-hybridized carbons (Fsp3) is 0.457.